The molecule has 3 aromatic carbocycles. The molecule has 0 aliphatic carbocycles. The Morgan fingerprint density at radius 3 is 1.93 bits per heavy atom. The van der Waals surface area contributed by atoms with E-state index in [1.807, 2.05) is 0 Å². The number of fused-ring (bicyclic) bond motifs is 1. The van der Waals surface area contributed by atoms with E-state index in [0.717, 1.165) is 36.4 Å². The van der Waals surface area contributed by atoms with Crippen LogP contribution in [0.4, 0.5) is 0 Å². The second-order valence-corrected chi connectivity index (χ2v) is 15.7. The minimum absolute atomic E-state index is 0.0211. The maximum absolute atomic E-state index is 13.8. The molecule has 3 saturated heterocycles. The lowest BCUT2D eigenvalue weighted by atomic mass is 9.88. The van der Waals surface area contributed by atoms with E-state index in [9.17, 15) is 81.1 Å². The third-order valence-corrected chi connectivity index (χ3v) is 11.5. The third kappa shape index (κ3) is 9.72. The molecule has 1 aromatic heterocycles. The van der Waals surface area contributed by atoms with Crippen molar-refractivity contribution in [2.45, 2.75) is 91.9 Å². The van der Waals surface area contributed by atoms with Crippen molar-refractivity contribution in [3.05, 3.63) is 76.0 Å². The van der Waals surface area contributed by atoms with E-state index < -0.39 is 163 Å². The van der Waals surface area contributed by atoms with Gasteiger partial charge in [0.05, 0.1) is 32.5 Å². The van der Waals surface area contributed by atoms with Crippen LogP contribution in [0.1, 0.15) is 17.2 Å². The Bertz CT molecular complexity index is 2490. The highest BCUT2D eigenvalue weighted by molar-refractivity contribution is 5.89. The van der Waals surface area contributed by atoms with Crippen molar-refractivity contribution in [3.8, 4) is 45.8 Å². The molecule has 4 aromatic rings. The quantitative estimate of drug-likeness (QED) is 0.0372. The van der Waals surface area contributed by atoms with Crippen molar-refractivity contribution < 1.29 is 114 Å². The number of phenolic OH excluding ortho intramolecular Hbond substituents is 5. The lowest BCUT2D eigenvalue weighted by Crippen LogP contribution is -2.66. The van der Waals surface area contributed by atoms with Crippen molar-refractivity contribution in [2.75, 3.05) is 26.9 Å². The van der Waals surface area contributed by atoms with E-state index in [1.54, 1.807) is 0 Å². The molecule has 3 fully saturated rings. The van der Waals surface area contributed by atoms with Crippen molar-refractivity contribution >= 4 is 23.0 Å². The van der Waals surface area contributed by atoms with Crippen LogP contribution in [0, 0.1) is 0 Å². The van der Waals surface area contributed by atoms with Gasteiger partial charge in [-0.15, -0.1) is 0 Å². The summed E-state index contributed by atoms with van der Waals surface area (Å²) >= 11 is 0. The first-order valence-electron chi connectivity index (χ1n) is 20.4. The summed E-state index contributed by atoms with van der Waals surface area (Å²) in [4.78, 5) is 27.5. The molecule has 7 rings (SSSR count). The molecule has 0 bridgehead atoms. The summed E-state index contributed by atoms with van der Waals surface area (Å²) in [5.74, 6) is -4.50. The summed E-state index contributed by atoms with van der Waals surface area (Å²) in [7, 11) is 1.29. The molecular weight excluding hydrogens is 900 g/mol. The van der Waals surface area contributed by atoms with E-state index in [2.05, 4.69) is 0 Å². The molecule has 14 N–H and O–H groups in total. The number of ether oxygens (including phenoxy) is 7. The average molecular weight is 949 g/mol. The number of benzene rings is 3. The third-order valence-electron chi connectivity index (χ3n) is 11.5. The van der Waals surface area contributed by atoms with Crippen LogP contribution in [0.5, 0.6) is 34.5 Å². The second kappa shape index (κ2) is 20.3. The lowest BCUT2D eigenvalue weighted by molar-refractivity contribution is -0.382. The van der Waals surface area contributed by atoms with Gasteiger partial charge in [0.25, 0.3) is 0 Å². The average Bonchev–Trinajstić information content (AvgIpc) is 3.30. The highest BCUT2D eigenvalue weighted by atomic mass is 16.8. The van der Waals surface area contributed by atoms with Crippen LogP contribution in [0.3, 0.4) is 0 Å². The van der Waals surface area contributed by atoms with Gasteiger partial charge in [-0.2, -0.15) is 0 Å². The fourth-order valence-electron chi connectivity index (χ4n) is 7.93. The van der Waals surface area contributed by atoms with Gasteiger partial charge >= 0.3 is 5.97 Å². The summed E-state index contributed by atoms with van der Waals surface area (Å²) in [6.45, 7) is -2.93. The number of hydrogen-bond acceptors (Lipinski definition) is 24. The maximum atomic E-state index is 13.8. The van der Waals surface area contributed by atoms with Gasteiger partial charge in [0.2, 0.25) is 0 Å². The molecule has 24 nitrogen and oxygen atoms in total. The Balaban J connectivity index is 1.32. The Labute approximate surface area is 377 Å². The number of rotatable bonds is 13. The molecule has 0 radical (unpaired) electrons. The van der Waals surface area contributed by atoms with Crippen LogP contribution in [0.2, 0.25) is 0 Å². The van der Waals surface area contributed by atoms with Gasteiger partial charge in [0, 0.05) is 23.8 Å². The molecule has 24 heteroatoms. The van der Waals surface area contributed by atoms with Crippen molar-refractivity contribution in [2.24, 2.45) is 0 Å². The van der Waals surface area contributed by atoms with Gasteiger partial charge in [-0.05, 0) is 42.0 Å². The molecule has 67 heavy (non-hydrogen) atoms. The van der Waals surface area contributed by atoms with Crippen LogP contribution in [-0.4, -0.2) is 190 Å². The van der Waals surface area contributed by atoms with Crippen LogP contribution >= 0.6 is 0 Å². The standard InChI is InChI=1S/C43H48O24/c1-60-23-9-16(4-6-18(23)48)22-10-20(50)29-24(61-22)11-21(51)30(34(29)56)38-41(65-28(52)7-3-15-2-5-17(47)19(49)8-15)39(33(55)27(14-46)62-38)66-43-40(36(58)32(54)26(13-45)64-43)67-42-37(59)35(57)31(53)25(12-44)63-42/h2-11,25-27,31-33,35-49,51,53-59H,12-14H2,1H3. The van der Waals surface area contributed by atoms with E-state index in [4.69, 9.17) is 37.6 Å². The number of phenols is 5. The Kier molecular flexibility index (Phi) is 14.9. The monoisotopic (exact) mass is 948 g/mol. The zero-order valence-electron chi connectivity index (χ0n) is 34.9. The Hall–Kier alpha value is -5.68. The predicted molar refractivity (Wildman–Crippen MR) is 220 cm³/mol. The zero-order chi connectivity index (χ0) is 48.6. The first kappa shape index (κ1) is 49.2. The number of aliphatic hydroxyl groups is 9. The molecule has 0 amide bonds. The molecule has 0 saturated carbocycles. The molecular formula is C43H48O24. The SMILES string of the molecule is COc1cc(-c2cc(=O)c3c(O)c(C4OC(CO)C(O)C(OC5OC(CO)C(O)C(O)C5OC5OC(CO)C(O)C(O)C5O)C4OC(=O)C=Cc4ccc(O)c(O)c4)c(O)cc3o2)ccc1O. The van der Waals surface area contributed by atoms with Gasteiger partial charge in [-0.1, -0.05) is 6.07 Å². The Morgan fingerprint density at radius 2 is 1.27 bits per heavy atom. The van der Waals surface area contributed by atoms with Gasteiger partial charge in [-0.25, -0.2) is 4.79 Å². The van der Waals surface area contributed by atoms with Crippen LogP contribution < -0.4 is 10.2 Å². The van der Waals surface area contributed by atoms with Gasteiger partial charge in [0.1, 0.15) is 101 Å². The molecule has 3 aliphatic rings. The summed E-state index contributed by atoms with van der Waals surface area (Å²) in [6.07, 6.45) is -27.6. The first-order valence-corrected chi connectivity index (χ1v) is 20.4. The fraction of sp³-hybridized carbons (Fsp3) is 0.442. The number of aromatic hydroxyl groups is 5. The number of hydrogen-bond donors (Lipinski definition) is 14. The van der Waals surface area contributed by atoms with Crippen LogP contribution in [-0.2, 0) is 33.2 Å². The van der Waals surface area contributed by atoms with E-state index in [0.29, 0.717) is 0 Å². The van der Waals surface area contributed by atoms with Crippen molar-refractivity contribution in [3.63, 3.8) is 0 Å². The van der Waals surface area contributed by atoms with Crippen LogP contribution in [0.15, 0.2) is 63.8 Å². The largest absolute Gasteiger partial charge is 0.507 e. The van der Waals surface area contributed by atoms with Crippen LogP contribution in [0.25, 0.3) is 28.4 Å². The molecule has 15 atom stereocenters. The normalized spacial score (nSPS) is 32.4. The van der Waals surface area contributed by atoms with E-state index in [1.165, 1.54) is 31.4 Å². The number of carbonyl (C=O) groups excluding carboxylic acids is 1. The number of methoxy groups -OCH3 is 1. The highest BCUT2D eigenvalue weighted by Gasteiger charge is 2.56. The molecule has 3 aliphatic heterocycles. The van der Waals surface area contributed by atoms with Crippen molar-refractivity contribution in [1.29, 1.82) is 0 Å². The van der Waals surface area contributed by atoms with Gasteiger partial charge in [-0.3, -0.25) is 4.79 Å². The maximum Gasteiger partial charge on any atom is 0.331 e. The lowest BCUT2D eigenvalue weighted by Gasteiger charge is -2.49. The molecule has 364 valence electrons. The number of aliphatic hydroxyl groups excluding tert-OH is 9. The minimum atomic E-state index is -2.13. The molecule has 15 unspecified atom stereocenters. The minimum Gasteiger partial charge on any atom is -0.507 e. The summed E-state index contributed by atoms with van der Waals surface area (Å²) < 4.78 is 45.8. The first-order chi connectivity index (χ1) is 31.9. The highest BCUT2D eigenvalue weighted by Crippen LogP contribution is 2.47. The van der Waals surface area contributed by atoms with Gasteiger partial charge < -0.3 is 109 Å². The van der Waals surface area contributed by atoms with E-state index in [-0.39, 0.29) is 28.4 Å². The summed E-state index contributed by atoms with van der Waals surface area (Å²) in [5, 5.41) is 148. The zero-order valence-corrected chi connectivity index (χ0v) is 34.9. The summed E-state index contributed by atoms with van der Waals surface area (Å²) in [5.41, 5.74) is -1.59. The number of carbonyl (C=O) groups is 1. The number of esters is 1. The topological polar surface area (TPSA) is 395 Å². The van der Waals surface area contributed by atoms with Crippen molar-refractivity contribution in [1.82, 2.24) is 0 Å². The fourth-order valence-corrected chi connectivity index (χ4v) is 7.93. The summed E-state index contributed by atoms with van der Waals surface area (Å²) in [6, 6.07) is 9.38. The molecule has 4 heterocycles. The van der Waals surface area contributed by atoms with Gasteiger partial charge in [0.15, 0.2) is 47.1 Å². The van der Waals surface area contributed by atoms with E-state index >= 15 is 0 Å². The second-order valence-electron chi connectivity index (χ2n) is 15.7. The smallest absolute Gasteiger partial charge is 0.331 e. The molecule has 0 spiro atoms. The predicted octanol–water partition coefficient (Wildman–Crippen LogP) is -2.58. The Morgan fingerprint density at radius 1 is 0.642 bits per heavy atom.